The number of carbonyl (C=O) groups excluding carboxylic acids is 1. The summed E-state index contributed by atoms with van der Waals surface area (Å²) in [4.78, 5) is 11.3. The Balaban J connectivity index is 1.96. The van der Waals surface area contributed by atoms with Crippen molar-refractivity contribution in [2.24, 2.45) is 5.10 Å². The van der Waals surface area contributed by atoms with E-state index >= 15 is 0 Å². The topological polar surface area (TPSA) is 32.7 Å². The second-order valence-electron chi connectivity index (χ2n) is 3.29. The minimum absolute atomic E-state index is 0.0654. The Morgan fingerprint density at radius 1 is 1.35 bits per heavy atom. The molecule has 86 valence electrons. The maximum absolute atomic E-state index is 11.3. The first-order valence-corrected chi connectivity index (χ1v) is 6.42. The van der Waals surface area contributed by atoms with Gasteiger partial charge in [-0.3, -0.25) is 4.79 Å². The van der Waals surface area contributed by atoms with Crippen molar-refractivity contribution in [3.63, 3.8) is 0 Å². The zero-order valence-electron chi connectivity index (χ0n) is 8.95. The number of hydrogen-bond acceptors (Lipinski definition) is 4. The summed E-state index contributed by atoms with van der Waals surface area (Å²) in [5, 5.41) is 5.27. The Morgan fingerprint density at radius 2 is 2.12 bits per heavy atom. The average molecular weight is 262 g/mol. The van der Waals surface area contributed by atoms with E-state index in [1.807, 2.05) is 36.4 Å². The highest BCUT2D eigenvalue weighted by Crippen LogP contribution is 2.18. The molecule has 0 saturated carbocycles. The summed E-state index contributed by atoms with van der Waals surface area (Å²) >= 11 is 6.33. The quantitative estimate of drug-likeness (QED) is 0.620. The highest BCUT2D eigenvalue weighted by Gasteiger charge is 2.25. The maximum Gasteiger partial charge on any atom is 0.259 e. The molecule has 0 aliphatic carbocycles. The van der Waals surface area contributed by atoms with Crippen LogP contribution in [0.4, 0.5) is 0 Å². The summed E-state index contributed by atoms with van der Waals surface area (Å²) in [5.74, 6) is 0.322. The predicted octanol–water partition coefficient (Wildman–Crippen LogP) is 2.55. The lowest BCUT2D eigenvalue weighted by atomic mass is 10.2. The highest BCUT2D eigenvalue weighted by atomic mass is 32.2. The zero-order valence-corrected chi connectivity index (χ0v) is 10.6. The van der Waals surface area contributed by atoms with E-state index in [0.29, 0.717) is 10.1 Å². The van der Waals surface area contributed by atoms with Crippen molar-refractivity contribution >= 4 is 46.5 Å². The molecule has 1 aliphatic heterocycles. The summed E-state index contributed by atoms with van der Waals surface area (Å²) < 4.78 is 0.513. The van der Waals surface area contributed by atoms with E-state index < -0.39 is 0 Å². The fourth-order valence-corrected chi connectivity index (χ4v) is 2.25. The van der Waals surface area contributed by atoms with Gasteiger partial charge in [0.05, 0.1) is 5.75 Å². The molecule has 0 aromatic heterocycles. The van der Waals surface area contributed by atoms with Crippen molar-refractivity contribution in [3.05, 3.63) is 42.0 Å². The molecule has 3 nitrogen and oxygen atoms in total. The first kappa shape index (κ1) is 12.0. The largest absolute Gasteiger partial charge is 0.272 e. The summed E-state index contributed by atoms with van der Waals surface area (Å²) in [6.45, 7) is 0. The molecule has 1 saturated heterocycles. The van der Waals surface area contributed by atoms with Crippen LogP contribution >= 0.6 is 24.0 Å². The molecule has 17 heavy (non-hydrogen) atoms. The van der Waals surface area contributed by atoms with E-state index in [1.54, 1.807) is 12.3 Å². The van der Waals surface area contributed by atoms with Gasteiger partial charge in [0.2, 0.25) is 0 Å². The van der Waals surface area contributed by atoms with Gasteiger partial charge in [-0.1, -0.05) is 60.4 Å². The summed E-state index contributed by atoms with van der Waals surface area (Å²) in [5.41, 5.74) is 1.09. The van der Waals surface area contributed by atoms with Gasteiger partial charge in [-0.25, -0.2) is 0 Å². The fourth-order valence-electron chi connectivity index (χ4n) is 1.28. The van der Waals surface area contributed by atoms with Crippen LogP contribution in [-0.2, 0) is 4.79 Å². The van der Waals surface area contributed by atoms with Crippen LogP contribution in [-0.4, -0.2) is 27.2 Å². The maximum atomic E-state index is 11.3. The number of thioether (sulfide) groups is 1. The smallest absolute Gasteiger partial charge is 0.259 e. The summed E-state index contributed by atoms with van der Waals surface area (Å²) in [6, 6.07) is 9.88. The molecular formula is C12H10N2OS2. The lowest BCUT2D eigenvalue weighted by Gasteiger charge is -2.04. The van der Waals surface area contributed by atoms with Crippen LogP contribution in [0.25, 0.3) is 6.08 Å². The van der Waals surface area contributed by atoms with Gasteiger partial charge in [-0.05, 0) is 11.6 Å². The number of hydrogen-bond donors (Lipinski definition) is 0. The molecular weight excluding hydrogens is 252 g/mol. The highest BCUT2D eigenvalue weighted by molar-refractivity contribution is 8.23. The van der Waals surface area contributed by atoms with Crippen molar-refractivity contribution in [3.8, 4) is 0 Å². The molecule has 1 aromatic rings. The number of nitrogens with zero attached hydrogens (tertiary/aromatic N) is 2. The van der Waals surface area contributed by atoms with E-state index in [-0.39, 0.29) is 5.91 Å². The second kappa shape index (κ2) is 5.75. The normalized spacial score (nSPS) is 16.6. The van der Waals surface area contributed by atoms with Crippen molar-refractivity contribution in [2.45, 2.75) is 0 Å². The summed E-state index contributed by atoms with van der Waals surface area (Å²) in [6.07, 6.45) is 5.28. The van der Waals surface area contributed by atoms with E-state index in [9.17, 15) is 4.79 Å². The molecule has 1 heterocycles. The summed E-state index contributed by atoms with van der Waals surface area (Å²) in [7, 11) is 0. The van der Waals surface area contributed by atoms with Crippen LogP contribution in [0.1, 0.15) is 5.56 Å². The van der Waals surface area contributed by atoms with E-state index in [1.165, 1.54) is 16.8 Å². The Hall–Kier alpha value is -1.46. The molecule has 0 N–H and O–H groups in total. The van der Waals surface area contributed by atoms with Crippen LogP contribution in [0.3, 0.4) is 0 Å². The number of hydrazone groups is 1. The lowest BCUT2D eigenvalue weighted by molar-refractivity contribution is -0.123. The van der Waals surface area contributed by atoms with Crippen molar-refractivity contribution in [1.29, 1.82) is 0 Å². The third kappa shape index (κ3) is 3.25. The molecule has 0 spiro atoms. The molecule has 2 rings (SSSR count). The number of rotatable bonds is 3. The predicted molar refractivity (Wildman–Crippen MR) is 75.9 cm³/mol. The van der Waals surface area contributed by atoms with Gasteiger partial charge >= 0.3 is 0 Å². The van der Waals surface area contributed by atoms with E-state index in [4.69, 9.17) is 12.2 Å². The van der Waals surface area contributed by atoms with Gasteiger partial charge in [0.1, 0.15) is 0 Å². The van der Waals surface area contributed by atoms with Crippen molar-refractivity contribution < 1.29 is 4.79 Å². The minimum atomic E-state index is -0.0654. The van der Waals surface area contributed by atoms with Crippen LogP contribution in [0.2, 0.25) is 0 Å². The number of amides is 1. The van der Waals surface area contributed by atoms with Gasteiger partial charge in [0.25, 0.3) is 5.91 Å². The van der Waals surface area contributed by atoms with Gasteiger partial charge in [-0.2, -0.15) is 10.1 Å². The standard InChI is InChI=1S/C12H10N2OS2/c15-11-9-17-12(16)14(11)13-8-4-7-10-5-2-1-3-6-10/h1-8H,9H2/b7-4+,13-8?. The molecule has 0 bridgehead atoms. The Morgan fingerprint density at radius 3 is 2.76 bits per heavy atom. The molecule has 1 fully saturated rings. The Kier molecular flexibility index (Phi) is 4.06. The van der Waals surface area contributed by atoms with Crippen LogP contribution in [0.15, 0.2) is 41.5 Å². The van der Waals surface area contributed by atoms with Crippen LogP contribution < -0.4 is 0 Å². The minimum Gasteiger partial charge on any atom is -0.272 e. The van der Waals surface area contributed by atoms with Crippen LogP contribution in [0, 0.1) is 0 Å². The van der Waals surface area contributed by atoms with E-state index in [0.717, 1.165) is 5.56 Å². The first-order chi connectivity index (χ1) is 8.27. The first-order valence-electron chi connectivity index (χ1n) is 5.03. The molecule has 1 aromatic carbocycles. The third-order valence-electron chi connectivity index (χ3n) is 2.08. The fraction of sp³-hybridized carbons (Fsp3) is 0.0833. The van der Waals surface area contributed by atoms with Crippen LogP contribution in [0.5, 0.6) is 0 Å². The second-order valence-corrected chi connectivity index (χ2v) is 4.90. The third-order valence-corrected chi connectivity index (χ3v) is 3.42. The lowest BCUT2D eigenvalue weighted by Crippen LogP contribution is -2.22. The SMILES string of the molecule is O=C1CSC(=S)N1N=C/C=C/c1ccccc1. The molecule has 5 heteroatoms. The van der Waals surface area contributed by atoms with Gasteiger partial charge in [0, 0.05) is 6.21 Å². The number of carbonyl (C=O) groups is 1. The Bertz CT molecular complexity index is 467. The van der Waals surface area contributed by atoms with Gasteiger partial charge < -0.3 is 0 Å². The number of allylic oxidation sites excluding steroid dienone is 1. The molecule has 1 amide bonds. The zero-order chi connectivity index (χ0) is 12.1. The van der Waals surface area contributed by atoms with Crippen molar-refractivity contribution in [2.75, 3.05) is 5.75 Å². The van der Waals surface area contributed by atoms with Gasteiger partial charge in [-0.15, -0.1) is 0 Å². The molecule has 0 radical (unpaired) electrons. The van der Waals surface area contributed by atoms with Gasteiger partial charge in [0.15, 0.2) is 4.32 Å². The van der Waals surface area contributed by atoms with Crippen molar-refractivity contribution in [1.82, 2.24) is 5.01 Å². The monoisotopic (exact) mass is 262 g/mol. The molecule has 0 atom stereocenters. The molecule has 1 aliphatic rings. The number of thiocarbonyl (C=S) groups is 1. The Labute approximate surface area is 109 Å². The molecule has 0 unspecified atom stereocenters. The average Bonchev–Trinajstić information content (AvgIpc) is 2.67. The van der Waals surface area contributed by atoms with E-state index in [2.05, 4.69) is 5.10 Å². The number of benzene rings is 1.